The van der Waals surface area contributed by atoms with Crippen molar-refractivity contribution in [3.63, 3.8) is 0 Å². The van der Waals surface area contributed by atoms with Gasteiger partial charge in [-0.2, -0.15) is 0 Å². The number of carbonyl (C=O) groups is 2. The lowest BCUT2D eigenvalue weighted by atomic mass is 10.2. The van der Waals surface area contributed by atoms with E-state index in [0.717, 1.165) is 25.9 Å². The Morgan fingerprint density at radius 1 is 0.900 bits per heavy atom. The normalized spacial score (nSPS) is 13.7. The molecule has 2 aromatic rings. The highest BCUT2D eigenvalue weighted by molar-refractivity contribution is 6.05. The van der Waals surface area contributed by atoms with Crippen molar-refractivity contribution in [1.29, 1.82) is 0 Å². The van der Waals surface area contributed by atoms with Gasteiger partial charge in [0.05, 0.1) is 31.1 Å². The molecule has 1 saturated heterocycles. The van der Waals surface area contributed by atoms with Crippen LogP contribution >= 0.6 is 0 Å². The van der Waals surface area contributed by atoms with Crippen LogP contribution in [0.3, 0.4) is 0 Å². The van der Waals surface area contributed by atoms with E-state index in [1.54, 1.807) is 24.3 Å². The van der Waals surface area contributed by atoms with Crippen molar-refractivity contribution < 1.29 is 19.1 Å². The number of rotatable bonds is 9. The average Bonchev–Trinajstić information content (AvgIpc) is 3.24. The quantitative estimate of drug-likeness (QED) is 0.657. The molecule has 30 heavy (non-hydrogen) atoms. The molecule has 3 rings (SSSR count). The predicted octanol–water partition coefficient (Wildman–Crippen LogP) is 3.77. The van der Waals surface area contributed by atoms with Crippen LogP contribution in [0.2, 0.25) is 0 Å². The van der Waals surface area contributed by atoms with Crippen LogP contribution in [0, 0.1) is 0 Å². The molecule has 1 heterocycles. The molecule has 1 aliphatic rings. The second-order valence-electron chi connectivity index (χ2n) is 7.06. The molecule has 0 spiro atoms. The predicted molar refractivity (Wildman–Crippen MR) is 117 cm³/mol. The summed E-state index contributed by atoms with van der Waals surface area (Å²) in [7, 11) is 0. The van der Waals surface area contributed by atoms with Gasteiger partial charge in [0.15, 0.2) is 0 Å². The summed E-state index contributed by atoms with van der Waals surface area (Å²) in [6.45, 7) is 6.82. The molecule has 160 valence electrons. The van der Waals surface area contributed by atoms with Crippen LogP contribution in [0.15, 0.2) is 42.5 Å². The number of nitrogens with one attached hydrogen (secondary N) is 2. The van der Waals surface area contributed by atoms with Crippen molar-refractivity contribution >= 4 is 23.2 Å². The monoisotopic (exact) mass is 411 g/mol. The first kappa shape index (κ1) is 21.6. The van der Waals surface area contributed by atoms with Gasteiger partial charge in [-0.05, 0) is 51.9 Å². The van der Waals surface area contributed by atoms with Crippen molar-refractivity contribution in [3.05, 3.63) is 48.0 Å². The second kappa shape index (κ2) is 10.6. The van der Waals surface area contributed by atoms with Gasteiger partial charge in [-0.25, -0.2) is 0 Å². The summed E-state index contributed by atoms with van der Waals surface area (Å²) in [6.07, 6.45) is 2.25. The number of ether oxygens (including phenoxy) is 2. The van der Waals surface area contributed by atoms with E-state index >= 15 is 0 Å². The number of amides is 2. The summed E-state index contributed by atoms with van der Waals surface area (Å²) in [6, 6.07) is 12.4. The molecule has 0 aromatic heterocycles. The molecular weight excluding hydrogens is 382 g/mol. The number of benzene rings is 2. The molecule has 0 bridgehead atoms. The minimum absolute atomic E-state index is 0.0960. The summed E-state index contributed by atoms with van der Waals surface area (Å²) < 4.78 is 11.5. The molecule has 0 aliphatic carbocycles. The largest absolute Gasteiger partial charge is 0.492 e. The van der Waals surface area contributed by atoms with Gasteiger partial charge in [-0.15, -0.1) is 0 Å². The van der Waals surface area contributed by atoms with Gasteiger partial charge in [0.1, 0.15) is 11.5 Å². The first-order valence-corrected chi connectivity index (χ1v) is 10.4. The number of hydrogen-bond donors (Lipinski definition) is 2. The Labute approximate surface area is 177 Å². The Bertz CT molecular complexity index is 864. The number of likely N-dealkylation sites (tertiary alicyclic amines) is 1. The minimum atomic E-state index is -0.246. The number of carbonyl (C=O) groups excluding carboxylic acids is 2. The van der Waals surface area contributed by atoms with Crippen LogP contribution in [0.5, 0.6) is 11.5 Å². The van der Waals surface area contributed by atoms with E-state index in [4.69, 9.17) is 9.47 Å². The van der Waals surface area contributed by atoms with E-state index in [-0.39, 0.29) is 11.8 Å². The van der Waals surface area contributed by atoms with Gasteiger partial charge in [0.2, 0.25) is 5.91 Å². The molecule has 0 unspecified atom stereocenters. The van der Waals surface area contributed by atoms with Crippen LogP contribution in [0.4, 0.5) is 11.4 Å². The summed E-state index contributed by atoms with van der Waals surface area (Å²) in [5, 5.41) is 5.82. The van der Waals surface area contributed by atoms with E-state index in [2.05, 4.69) is 15.5 Å². The topological polar surface area (TPSA) is 79.9 Å². The molecule has 2 amide bonds. The maximum Gasteiger partial charge on any atom is 0.255 e. The van der Waals surface area contributed by atoms with Gasteiger partial charge >= 0.3 is 0 Å². The van der Waals surface area contributed by atoms with E-state index in [1.165, 1.54) is 0 Å². The fraction of sp³-hybridized carbons (Fsp3) is 0.391. The van der Waals surface area contributed by atoms with Gasteiger partial charge < -0.3 is 20.1 Å². The van der Waals surface area contributed by atoms with Crippen LogP contribution in [-0.4, -0.2) is 49.6 Å². The van der Waals surface area contributed by atoms with E-state index in [1.807, 2.05) is 32.0 Å². The summed E-state index contributed by atoms with van der Waals surface area (Å²) in [5.41, 5.74) is 1.56. The SMILES string of the molecule is CCOc1cc(NC(=O)c2ccccc2)c(OCC)cc1NC(=O)CN1CCCC1. The van der Waals surface area contributed by atoms with Gasteiger partial charge in [-0.1, -0.05) is 18.2 Å². The van der Waals surface area contributed by atoms with Crippen molar-refractivity contribution in [2.45, 2.75) is 26.7 Å². The molecule has 1 fully saturated rings. The highest BCUT2D eigenvalue weighted by Gasteiger charge is 2.19. The first-order valence-electron chi connectivity index (χ1n) is 10.4. The van der Waals surface area contributed by atoms with E-state index in [0.29, 0.717) is 48.2 Å². The molecule has 0 saturated carbocycles. The maximum absolute atomic E-state index is 12.6. The fourth-order valence-electron chi connectivity index (χ4n) is 3.42. The third-order valence-electron chi connectivity index (χ3n) is 4.81. The van der Waals surface area contributed by atoms with Crippen LogP contribution in [0.1, 0.15) is 37.0 Å². The van der Waals surface area contributed by atoms with Crippen LogP contribution in [0.25, 0.3) is 0 Å². The molecule has 1 aliphatic heterocycles. The fourth-order valence-corrected chi connectivity index (χ4v) is 3.42. The molecule has 0 radical (unpaired) electrons. The van der Waals surface area contributed by atoms with Crippen LogP contribution < -0.4 is 20.1 Å². The van der Waals surface area contributed by atoms with Crippen molar-refractivity contribution in [2.75, 3.05) is 43.5 Å². The Balaban J connectivity index is 1.83. The Hall–Kier alpha value is -3.06. The van der Waals surface area contributed by atoms with Crippen molar-refractivity contribution in [2.24, 2.45) is 0 Å². The van der Waals surface area contributed by atoms with Crippen LogP contribution in [-0.2, 0) is 4.79 Å². The molecule has 2 N–H and O–H groups in total. The highest BCUT2D eigenvalue weighted by atomic mass is 16.5. The minimum Gasteiger partial charge on any atom is -0.492 e. The lowest BCUT2D eigenvalue weighted by Crippen LogP contribution is -2.31. The smallest absolute Gasteiger partial charge is 0.255 e. The van der Waals surface area contributed by atoms with Gasteiger partial charge in [0.25, 0.3) is 5.91 Å². The number of nitrogens with zero attached hydrogens (tertiary/aromatic N) is 1. The molecular formula is C23H29N3O4. The lowest BCUT2D eigenvalue weighted by Gasteiger charge is -2.19. The number of hydrogen-bond acceptors (Lipinski definition) is 5. The zero-order valence-electron chi connectivity index (χ0n) is 17.6. The zero-order chi connectivity index (χ0) is 21.3. The highest BCUT2D eigenvalue weighted by Crippen LogP contribution is 2.37. The van der Waals surface area contributed by atoms with Crippen molar-refractivity contribution in [3.8, 4) is 11.5 Å². The molecule has 7 nitrogen and oxygen atoms in total. The van der Waals surface area contributed by atoms with E-state index in [9.17, 15) is 9.59 Å². The van der Waals surface area contributed by atoms with E-state index < -0.39 is 0 Å². The molecule has 0 atom stereocenters. The first-order chi connectivity index (χ1) is 14.6. The third kappa shape index (κ3) is 5.73. The lowest BCUT2D eigenvalue weighted by molar-refractivity contribution is -0.117. The number of anilines is 2. The molecule has 2 aromatic carbocycles. The maximum atomic E-state index is 12.6. The zero-order valence-corrected chi connectivity index (χ0v) is 17.6. The average molecular weight is 412 g/mol. The third-order valence-corrected chi connectivity index (χ3v) is 4.81. The van der Waals surface area contributed by atoms with Gasteiger partial charge in [0, 0.05) is 17.7 Å². The summed E-state index contributed by atoms with van der Waals surface area (Å²) in [4.78, 5) is 27.3. The van der Waals surface area contributed by atoms with Crippen molar-refractivity contribution in [1.82, 2.24) is 4.90 Å². The molecule has 7 heteroatoms. The summed E-state index contributed by atoms with van der Waals surface area (Å²) >= 11 is 0. The van der Waals surface area contributed by atoms with Gasteiger partial charge in [-0.3, -0.25) is 14.5 Å². The Morgan fingerprint density at radius 2 is 1.47 bits per heavy atom. The summed E-state index contributed by atoms with van der Waals surface area (Å²) in [5.74, 6) is 0.618. The Morgan fingerprint density at radius 3 is 2.03 bits per heavy atom. The Kier molecular flexibility index (Phi) is 7.68. The second-order valence-corrected chi connectivity index (χ2v) is 7.06. The standard InChI is InChI=1S/C23H29N3O4/c1-3-29-20-15-19(25-23(28)17-10-6-5-7-11-17)21(30-4-2)14-18(20)24-22(27)16-26-12-8-9-13-26/h5-7,10-11,14-15H,3-4,8-9,12-13,16H2,1-2H3,(H,24,27)(H,25,28).